The number of nitro benzene ring substituents is 1. The van der Waals surface area contributed by atoms with Gasteiger partial charge in [0, 0.05) is 24.3 Å². The molecule has 1 atom stereocenters. The van der Waals surface area contributed by atoms with Crippen molar-refractivity contribution in [1.82, 2.24) is 0 Å². The van der Waals surface area contributed by atoms with Gasteiger partial charge < -0.3 is 4.90 Å². The van der Waals surface area contributed by atoms with Crippen molar-refractivity contribution >= 4 is 11.4 Å². The van der Waals surface area contributed by atoms with Crippen LogP contribution < -0.4 is 4.90 Å². The number of hydrogen-bond acceptors (Lipinski definition) is 4. The second kappa shape index (κ2) is 5.05. The molecule has 1 aliphatic rings. The van der Waals surface area contributed by atoms with Crippen molar-refractivity contribution in [3.63, 3.8) is 0 Å². The van der Waals surface area contributed by atoms with Crippen LogP contribution in [-0.2, 0) is 0 Å². The van der Waals surface area contributed by atoms with Crippen LogP contribution in [0.2, 0.25) is 0 Å². The second-order valence-corrected chi connectivity index (χ2v) is 4.47. The lowest BCUT2D eigenvalue weighted by molar-refractivity contribution is -0.385. The summed E-state index contributed by atoms with van der Waals surface area (Å²) in [5.41, 5.74) is 0.873. The summed E-state index contributed by atoms with van der Waals surface area (Å²) in [7, 11) is 0. The minimum atomic E-state index is -0.487. The van der Waals surface area contributed by atoms with Crippen LogP contribution in [0.4, 0.5) is 11.4 Å². The van der Waals surface area contributed by atoms with Crippen molar-refractivity contribution in [1.29, 1.82) is 5.26 Å². The monoisotopic (exact) mass is 245 g/mol. The molecule has 5 nitrogen and oxygen atoms in total. The van der Waals surface area contributed by atoms with Gasteiger partial charge in [0.25, 0.3) is 5.69 Å². The highest BCUT2D eigenvalue weighted by Crippen LogP contribution is 2.31. The molecule has 1 aromatic carbocycles. The topological polar surface area (TPSA) is 70.2 Å². The molecule has 0 radical (unpaired) electrons. The third-order valence-electron chi connectivity index (χ3n) is 3.48. The van der Waals surface area contributed by atoms with E-state index >= 15 is 0 Å². The number of nitriles is 1. The van der Waals surface area contributed by atoms with Crippen molar-refractivity contribution in [2.24, 2.45) is 0 Å². The number of anilines is 1. The summed E-state index contributed by atoms with van der Waals surface area (Å²) in [5, 5.41) is 19.8. The number of rotatable bonds is 3. The SMILES string of the molecule is CCC1CCCN1c1ccc(C#N)c([N+](=O)[O-])c1. The van der Waals surface area contributed by atoms with E-state index in [4.69, 9.17) is 5.26 Å². The van der Waals surface area contributed by atoms with Gasteiger partial charge in [0.15, 0.2) is 0 Å². The molecule has 0 amide bonds. The Balaban J connectivity index is 2.38. The van der Waals surface area contributed by atoms with E-state index in [-0.39, 0.29) is 11.3 Å². The molecule has 0 N–H and O–H groups in total. The van der Waals surface area contributed by atoms with Crippen LogP contribution in [0.25, 0.3) is 0 Å². The zero-order chi connectivity index (χ0) is 13.1. The standard InChI is InChI=1S/C13H15N3O2/c1-2-11-4-3-7-15(11)12-6-5-10(9-14)13(8-12)16(17)18/h5-6,8,11H,2-4,7H2,1H3. The predicted molar refractivity (Wildman–Crippen MR) is 68.5 cm³/mol. The van der Waals surface area contributed by atoms with Crippen molar-refractivity contribution < 1.29 is 4.92 Å². The summed E-state index contributed by atoms with van der Waals surface area (Å²) in [6.07, 6.45) is 3.28. The van der Waals surface area contributed by atoms with E-state index in [0.717, 1.165) is 31.5 Å². The highest BCUT2D eigenvalue weighted by atomic mass is 16.6. The molecule has 1 aromatic rings. The zero-order valence-electron chi connectivity index (χ0n) is 10.3. The maximum absolute atomic E-state index is 10.9. The molecule has 1 saturated heterocycles. The maximum atomic E-state index is 10.9. The first kappa shape index (κ1) is 12.4. The highest BCUT2D eigenvalue weighted by molar-refractivity contribution is 5.61. The van der Waals surface area contributed by atoms with Crippen molar-refractivity contribution in [3.05, 3.63) is 33.9 Å². The Morgan fingerprint density at radius 1 is 1.61 bits per heavy atom. The van der Waals surface area contributed by atoms with Gasteiger partial charge in [0.05, 0.1) is 4.92 Å². The number of nitro groups is 1. The Morgan fingerprint density at radius 2 is 2.39 bits per heavy atom. The first-order chi connectivity index (χ1) is 8.67. The molecular weight excluding hydrogens is 230 g/mol. The van der Waals surface area contributed by atoms with E-state index < -0.39 is 4.92 Å². The van der Waals surface area contributed by atoms with Crippen LogP contribution in [0.5, 0.6) is 0 Å². The van der Waals surface area contributed by atoms with E-state index in [1.165, 1.54) is 6.07 Å². The average molecular weight is 245 g/mol. The summed E-state index contributed by atoms with van der Waals surface area (Å²) in [4.78, 5) is 12.7. The van der Waals surface area contributed by atoms with Gasteiger partial charge >= 0.3 is 0 Å². The van der Waals surface area contributed by atoms with Crippen LogP contribution in [0.15, 0.2) is 18.2 Å². The normalized spacial score (nSPS) is 18.7. The van der Waals surface area contributed by atoms with Gasteiger partial charge in [-0.25, -0.2) is 0 Å². The Hall–Kier alpha value is -2.09. The quantitative estimate of drug-likeness (QED) is 0.606. The number of hydrogen-bond donors (Lipinski definition) is 0. The summed E-state index contributed by atoms with van der Waals surface area (Å²) < 4.78 is 0. The lowest BCUT2D eigenvalue weighted by Gasteiger charge is -2.25. The largest absolute Gasteiger partial charge is 0.368 e. The predicted octanol–water partition coefficient (Wildman–Crippen LogP) is 2.85. The van der Waals surface area contributed by atoms with Gasteiger partial charge in [-0.1, -0.05) is 6.92 Å². The Morgan fingerprint density at radius 3 is 3.00 bits per heavy atom. The van der Waals surface area contributed by atoms with Gasteiger partial charge in [-0.15, -0.1) is 0 Å². The fourth-order valence-corrected chi connectivity index (χ4v) is 2.54. The van der Waals surface area contributed by atoms with Gasteiger partial charge in [-0.2, -0.15) is 5.26 Å². The molecule has 5 heteroatoms. The van der Waals surface area contributed by atoms with E-state index in [2.05, 4.69) is 11.8 Å². The molecule has 0 aromatic heterocycles. The molecule has 18 heavy (non-hydrogen) atoms. The molecular formula is C13H15N3O2. The minimum Gasteiger partial charge on any atom is -0.368 e. The van der Waals surface area contributed by atoms with E-state index in [0.29, 0.717) is 6.04 Å². The van der Waals surface area contributed by atoms with Crippen LogP contribution in [0, 0.1) is 21.4 Å². The van der Waals surface area contributed by atoms with Crippen molar-refractivity contribution in [3.8, 4) is 6.07 Å². The summed E-state index contributed by atoms with van der Waals surface area (Å²) >= 11 is 0. The van der Waals surface area contributed by atoms with Gasteiger partial charge in [0.2, 0.25) is 0 Å². The van der Waals surface area contributed by atoms with Gasteiger partial charge in [0.1, 0.15) is 11.6 Å². The van der Waals surface area contributed by atoms with E-state index in [1.807, 2.05) is 6.07 Å². The molecule has 0 aliphatic carbocycles. The van der Waals surface area contributed by atoms with Crippen molar-refractivity contribution in [2.45, 2.75) is 32.2 Å². The summed E-state index contributed by atoms with van der Waals surface area (Å²) in [6.45, 7) is 3.06. The van der Waals surface area contributed by atoms with Gasteiger partial charge in [-0.3, -0.25) is 10.1 Å². The number of benzene rings is 1. The van der Waals surface area contributed by atoms with E-state index in [1.54, 1.807) is 12.1 Å². The highest BCUT2D eigenvalue weighted by Gasteiger charge is 2.25. The lowest BCUT2D eigenvalue weighted by atomic mass is 10.1. The second-order valence-electron chi connectivity index (χ2n) is 4.47. The maximum Gasteiger partial charge on any atom is 0.289 e. The molecule has 0 saturated carbocycles. The molecule has 1 aliphatic heterocycles. The molecule has 1 unspecified atom stereocenters. The number of nitrogens with zero attached hydrogens (tertiary/aromatic N) is 3. The average Bonchev–Trinajstić information content (AvgIpc) is 2.86. The Bertz CT molecular complexity index is 507. The van der Waals surface area contributed by atoms with Crippen LogP contribution in [0.1, 0.15) is 31.7 Å². The molecule has 0 spiro atoms. The molecule has 94 valence electrons. The fraction of sp³-hybridized carbons (Fsp3) is 0.462. The molecule has 2 rings (SSSR count). The first-order valence-corrected chi connectivity index (χ1v) is 6.12. The molecule has 1 heterocycles. The van der Waals surface area contributed by atoms with Crippen molar-refractivity contribution in [2.75, 3.05) is 11.4 Å². The fourth-order valence-electron chi connectivity index (χ4n) is 2.54. The Labute approximate surface area is 106 Å². The summed E-state index contributed by atoms with van der Waals surface area (Å²) in [5.74, 6) is 0. The van der Waals surface area contributed by atoms with E-state index in [9.17, 15) is 10.1 Å². The Kier molecular flexibility index (Phi) is 3.47. The first-order valence-electron chi connectivity index (χ1n) is 6.12. The van der Waals surface area contributed by atoms with Gasteiger partial charge in [-0.05, 0) is 31.4 Å². The molecule has 0 bridgehead atoms. The van der Waals surface area contributed by atoms with Crippen LogP contribution >= 0.6 is 0 Å². The summed E-state index contributed by atoms with van der Waals surface area (Å²) in [6, 6.07) is 7.18. The van der Waals surface area contributed by atoms with Crippen LogP contribution in [0.3, 0.4) is 0 Å². The minimum absolute atomic E-state index is 0.100. The zero-order valence-corrected chi connectivity index (χ0v) is 10.3. The van der Waals surface area contributed by atoms with Crippen LogP contribution in [-0.4, -0.2) is 17.5 Å². The molecule has 1 fully saturated rings. The third-order valence-corrected chi connectivity index (χ3v) is 3.48. The third kappa shape index (κ3) is 2.14. The lowest BCUT2D eigenvalue weighted by Crippen LogP contribution is -2.28. The smallest absolute Gasteiger partial charge is 0.289 e.